The maximum atomic E-state index is 12.3. The molecular formula is C26H23N3O4. The average molecular weight is 441 g/mol. The van der Waals surface area contributed by atoms with Gasteiger partial charge in [0.2, 0.25) is 5.89 Å². The van der Waals surface area contributed by atoms with E-state index in [1.165, 1.54) is 12.7 Å². The number of carbonyl (C=O) groups is 2. The van der Waals surface area contributed by atoms with Crippen molar-refractivity contribution in [2.45, 2.75) is 13.8 Å². The molecule has 0 atom stereocenters. The summed E-state index contributed by atoms with van der Waals surface area (Å²) < 4.78 is 10.3. The summed E-state index contributed by atoms with van der Waals surface area (Å²) in [5.41, 5.74) is 6.53. The summed E-state index contributed by atoms with van der Waals surface area (Å²) >= 11 is 0. The predicted octanol–water partition coefficient (Wildman–Crippen LogP) is 6.06. The molecule has 4 aromatic rings. The number of hydrogen-bond donors (Lipinski definition) is 2. The van der Waals surface area contributed by atoms with Crippen molar-refractivity contribution in [1.29, 1.82) is 0 Å². The highest BCUT2D eigenvalue weighted by atomic mass is 16.5. The van der Waals surface area contributed by atoms with E-state index in [2.05, 4.69) is 46.3 Å². The summed E-state index contributed by atoms with van der Waals surface area (Å²) in [6.07, 6.45) is 1.65. The fourth-order valence-corrected chi connectivity index (χ4v) is 3.43. The van der Waals surface area contributed by atoms with Crippen LogP contribution < -0.4 is 10.6 Å². The number of esters is 1. The molecule has 0 unspecified atom stereocenters. The van der Waals surface area contributed by atoms with Crippen LogP contribution in [-0.4, -0.2) is 24.1 Å². The van der Waals surface area contributed by atoms with Crippen LogP contribution in [0.1, 0.15) is 21.5 Å². The molecule has 0 aliphatic heterocycles. The molecule has 0 saturated carbocycles. The fraction of sp³-hybridized carbons (Fsp3) is 0.115. The number of amides is 2. The highest BCUT2D eigenvalue weighted by molar-refractivity contribution is 6.00. The van der Waals surface area contributed by atoms with E-state index in [-0.39, 0.29) is 0 Å². The van der Waals surface area contributed by atoms with Crippen LogP contribution in [0.2, 0.25) is 0 Å². The van der Waals surface area contributed by atoms with Crippen molar-refractivity contribution < 1.29 is 18.7 Å². The first-order chi connectivity index (χ1) is 15.9. The molecule has 0 bridgehead atoms. The third-order valence-electron chi connectivity index (χ3n) is 5.12. The Bertz CT molecular complexity index is 1290. The summed E-state index contributed by atoms with van der Waals surface area (Å²) in [5.74, 6) is 0.0740. The van der Waals surface area contributed by atoms with E-state index in [1.54, 1.807) is 42.7 Å². The van der Waals surface area contributed by atoms with Gasteiger partial charge in [-0.1, -0.05) is 23.8 Å². The normalized spacial score (nSPS) is 10.5. The van der Waals surface area contributed by atoms with Gasteiger partial charge in [0.25, 0.3) is 0 Å². The smallest absolute Gasteiger partial charge is 0.337 e. The third kappa shape index (κ3) is 5.10. The Labute approximate surface area is 191 Å². The molecule has 0 spiro atoms. The summed E-state index contributed by atoms with van der Waals surface area (Å²) in [6.45, 7) is 4.11. The van der Waals surface area contributed by atoms with E-state index in [9.17, 15) is 9.59 Å². The lowest BCUT2D eigenvalue weighted by Gasteiger charge is -2.08. The summed E-state index contributed by atoms with van der Waals surface area (Å²) in [4.78, 5) is 28.4. The molecule has 166 valence electrons. The van der Waals surface area contributed by atoms with Crippen LogP contribution in [0.4, 0.5) is 16.2 Å². The van der Waals surface area contributed by atoms with E-state index in [4.69, 9.17) is 4.42 Å². The monoisotopic (exact) mass is 441 g/mol. The van der Waals surface area contributed by atoms with Gasteiger partial charge in [0.1, 0.15) is 12.0 Å². The number of oxazole rings is 1. The highest BCUT2D eigenvalue weighted by Gasteiger charge is 2.11. The minimum Gasteiger partial charge on any atom is -0.465 e. The minimum absolute atomic E-state index is 0.401. The maximum Gasteiger partial charge on any atom is 0.337 e. The molecule has 3 aromatic carbocycles. The average Bonchev–Trinajstić information content (AvgIpc) is 3.29. The molecule has 7 nitrogen and oxygen atoms in total. The first-order valence-corrected chi connectivity index (χ1v) is 10.3. The van der Waals surface area contributed by atoms with E-state index in [0.29, 0.717) is 22.8 Å². The summed E-state index contributed by atoms with van der Waals surface area (Å²) in [7, 11) is 1.32. The minimum atomic E-state index is -0.432. The summed E-state index contributed by atoms with van der Waals surface area (Å²) in [5, 5.41) is 5.49. The molecule has 7 heteroatoms. The Balaban J connectivity index is 1.40. The number of nitrogens with zero attached hydrogens (tertiary/aromatic N) is 1. The number of anilines is 2. The van der Waals surface area contributed by atoms with Crippen LogP contribution >= 0.6 is 0 Å². The van der Waals surface area contributed by atoms with Gasteiger partial charge in [-0.3, -0.25) is 0 Å². The molecule has 4 rings (SSSR count). The zero-order valence-electron chi connectivity index (χ0n) is 18.5. The molecule has 0 fully saturated rings. The maximum absolute atomic E-state index is 12.3. The van der Waals surface area contributed by atoms with Crippen LogP contribution in [0.15, 0.2) is 77.4 Å². The van der Waals surface area contributed by atoms with Gasteiger partial charge in [-0.05, 0) is 67.9 Å². The molecule has 0 aliphatic carbocycles. The number of urea groups is 1. The molecule has 2 N–H and O–H groups in total. The SMILES string of the molecule is COC(=O)c1ccc(NC(=O)Nc2ccc(-c3nc(-c4ccc(C)cc4C)co3)cc2)cc1. The number of carbonyl (C=O) groups excluding carboxylic acids is 2. The second-order valence-corrected chi connectivity index (χ2v) is 7.58. The van der Waals surface area contributed by atoms with Crippen molar-refractivity contribution in [3.05, 3.63) is 89.7 Å². The number of benzene rings is 3. The molecule has 33 heavy (non-hydrogen) atoms. The zero-order valence-corrected chi connectivity index (χ0v) is 18.5. The van der Waals surface area contributed by atoms with Crippen molar-refractivity contribution in [3.63, 3.8) is 0 Å². The third-order valence-corrected chi connectivity index (χ3v) is 5.12. The van der Waals surface area contributed by atoms with E-state index >= 15 is 0 Å². The van der Waals surface area contributed by atoms with Crippen molar-refractivity contribution in [3.8, 4) is 22.7 Å². The van der Waals surface area contributed by atoms with E-state index < -0.39 is 12.0 Å². The second kappa shape index (κ2) is 9.40. The zero-order chi connectivity index (χ0) is 23.4. The molecule has 1 heterocycles. The molecule has 0 aliphatic rings. The Kier molecular flexibility index (Phi) is 6.22. The number of rotatable bonds is 5. The molecule has 0 radical (unpaired) electrons. The Morgan fingerprint density at radius 2 is 1.52 bits per heavy atom. The molecule has 2 amide bonds. The van der Waals surface area contributed by atoms with Gasteiger partial charge in [0.15, 0.2) is 0 Å². The van der Waals surface area contributed by atoms with Crippen molar-refractivity contribution in [1.82, 2.24) is 4.98 Å². The predicted molar refractivity (Wildman–Crippen MR) is 127 cm³/mol. The van der Waals surface area contributed by atoms with E-state index in [0.717, 1.165) is 22.4 Å². The first-order valence-electron chi connectivity index (χ1n) is 10.3. The quantitative estimate of drug-likeness (QED) is 0.367. The Morgan fingerprint density at radius 1 is 0.879 bits per heavy atom. The number of nitrogens with one attached hydrogen (secondary N) is 2. The number of aryl methyl sites for hydroxylation is 2. The van der Waals surface area contributed by atoms with Crippen LogP contribution in [0.5, 0.6) is 0 Å². The number of aromatic nitrogens is 1. The number of methoxy groups -OCH3 is 1. The van der Waals surface area contributed by atoms with Gasteiger partial charge < -0.3 is 19.8 Å². The fourth-order valence-electron chi connectivity index (χ4n) is 3.43. The van der Waals surface area contributed by atoms with Gasteiger partial charge >= 0.3 is 12.0 Å². The van der Waals surface area contributed by atoms with Gasteiger partial charge in [0.05, 0.1) is 12.7 Å². The lowest BCUT2D eigenvalue weighted by Crippen LogP contribution is -2.19. The molecule has 1 aromatic heterocycles. The Morgan fingerprint density at radius 3 is 2.12 bits per heavy atom. The largest absolute Gasteiger partial charge is 0.465 e. The lowest BCUT2D eigenvalue weighted by atomic mass is 10.0. The van der Waals surface area contributed by atoms with Crippen LogP contribution in [0.25, 0.3) is 22.7 Å². The highest BCUT2D eigenvalue weighted by Crippen LogP contribution is 2.28. The topological polar surface area (TPSA) is 93.5 Å². The summed E-state index contributed by atoms with van der Waals surface area (Å²) in [6, 6.07) is 19.4. The van der Waals surface area contributed by atoms with Crippen LogP contribution in [0, 0.1) is 13.8 Å². The van der Waals surface area contributed by atoms with Gasteiger partial charge in [-0.15, -0.1) is 0 Å². The van der Waals surface area contributed by atoms with Gasteiger partial charge in [0, 0.05) is 22.5 Å². The first kappa shape index (κ1) is 21.8. The Hall–Kier alpha value is -4.39. The van der Waals surface area contributed by atoms with Crippen molar-refractivity contribution in [2.75, 3.05) is 17.7 Å². The van der Waals surface area contributed by atoms with Crippen LogP contribution in [-0.2, 0) is 4.74 Å². The molecule has 0 saturated heterocycles. The van der Waals surface area contributed by atoms with E-state index in [1.807, 2.05) is 18.2 Å². The standard InChI is InChI=1S/C26H23N3O4/c1-16-4-13-22(17(2)14-16)23-15-33-24(29-23)18-5-9-20(10-6-18)27-26(31)28-21-11-7-19(8-12-21)25(30)32-3/h4-15H,1-3H3,(H2,27,28,31). The van der Waals surface area contributed by atoms with Gasteiger partial charge in [-0.2, -0.15) is 0 Å². The number of ether oxygens (including phenoxy) is 1. The van der Waals surface area contributed by atoms with Crippen LogP contribution in [0.3, 0.4) is 0 Å². The number of hydrogen-bond acceptors (Lipinski definition) is 5. The van der Waals surface area contributed by atoms with Gasteiger partial charge in [-0.25, -0.2) is 14.6 Å². The second-order valence-electron chi connectivity index (χ2n) is 7.58. The molecular weight excluding hydrogens is 418 g/mol. The van der Waals surface area contributed by atoms with Crippen molar-refractivity contribution in [2.24, 2.45) is 0 Å². The van der Waals surface area contributed by atoms with Crippen molar-refractivity contribution >= 4 is 23.4 Å². The lowest BCUT2D eigenvalue weighted by molar-refractivity contribution is 0.0600.